The molecule has 0 radical (unpaired) electrons. The topological polar surface area (TPSA) is 84.2 Å². The molecule has 0 aromatic heterocycles. The third kappa shape index (κ3) is 3.54. The number of piperidine rings is 1. The van der Waals surface area contributed by atoms with Crippen molar-refractivity contribution in [2.75, 3.05) is 6.54 Å². The van der Waals surface area contributed by atoms with E-state index in [1.165, 1.54) is 0 Å². The zero-order valence-electron chi connectivity index (χ0n) is 11.0. The second-order valence-electron chi connectivity index (χ2n) is 4.79. The average molecular weight is 291 g/mol. The molecular weight excluding hydrogens is 274 g/mol. The van der Waals surface area contributed by atoms with Gasteiger partial charge in [-0.2, -0.15) is 0 Å². The van der Waals surface area contributed by atoms with E-state index in [0.29, 0.717) is 19.4 Å². The van der Waals surface area contributed by atoms with Crippen LogP contribution >= 0.6 is 12.2 Å². The van der Waals surface area contributed by atoms with E-state index in [9.17, 15) is 9.59 Å². The van der Waals surface area contributed by atoms with E-state index in [2.05, 4.69) is 10.6 Å². The van der Waals surface area contributed by atoms with E-state index in [-0.39, 0.29) is 22.8 Å². The van der Waals surface area contributed by atoms with Gasteiger partial charge in [-0.05, 0) is 12.0 Å². The van der Waals surface area contributed by atoms with Gasteiger partial charge < -0.3 is 16.4 Å². The lowest BCUT2D eigenvalue weighted by Crippen LogP contribution is -2.50. The van der Waals surface area contributed by atoms with Gasteiger partial charge >= 0.3 is 0 Å². The third-order valence-corrected chi connectivity index (χ3v) is 3.53. The Hall–Kier alpha value is -1.95. The van der Waals surface area contributed by atoms with Crippen molar-refractivity contribution >= 4 is 29.0 Å². The number of amides is 2. The lowest BCUT2D eigenvalue weighted by atomic mass is 9.97. The monoisotopic (exact) mass is 291 g/mol. The van der Waals surface area contributed by atoms with Gasteiger partial charge in [-0.25, -0.2) is 0 Å². The van der Waals surface area contributed by atoms with Gasteiger partial charge in [0.15, 0.2) is 0 Å². The molecule has 0 aliphatic carbocycles. The molecule has 2 atom stereocenters. The molecule has 0 spiro atoms. The molecule has 6 heteroatoms. The summed E-state index contributed by atoms with van der Waals surface area (Å²) in [6.45, 7) is 0.448. The van der Waals surface area contributed by atoms with E-state index >= 15 is 0 Å². The number of thiocarbonyl (C=S) groups is 1. The second-order valence-corrected chi connectivity index (χ2v) is 5.27. The van der Waals surface area contributed by atoms with Crippen LogP contribution in [0, 0.1) is 0 Å². The first-order valence-corrected chi connectivity index (χ1v) is 6.90. The van der Waals surface area contributed by atoms with E-state index in [4.69, 9.17) is 18.0 Å². The Morgan fingerprint density at radius 3 is 2.65 bits per heavy atom. The molecular formula is C14H17N3O2S. The van der Waals surface area contributed by atoms with Gasteiger partial charge in [0, 0.05) is 19.0 Å². The maximum absolute atomic E-state index is 12.3. The highest BCUT2D eigenvalue weighted by atomic mass is 32.1. The van der Waals surface area contributed by atoms with Gasteiger partial charge in [-0.15, -0.1) is 0 Å². The molecule has 5 nitrogen and oxygen atoms in total. The molecule has 1 aromatic carbocycles. The highest BCUT2D eigenvalue weighted by Gasteiger charge is 2.27. The third-order valence-electron chi connectivity index (χ3n) is 3.29. The van der Waals surface area contributed by atoms with Crippen molar-refractivity contribution in [3.63, 3.8) is 0 Å². The van der Waals surface area contributed by atoms with E-state index in [0.717, 1.165) is 5.56 Å². The van der Waals surface area contributed by atoms with Crippen LogP contribution in [0.15, 0.2) is 30.3 Å². The summed E-state index contributed by atoms with van der Waals surface area (Å²) in [7, 11) is 0. The van der Waals surface area contributed by atoms with Gasteiger partial charge in [0.1, 0.15) is 5.92 Å². The molecule has 2 amide bonds. The van der Waals surface area contributed by atoms with Crippen molar-refractivity contribution in [1.29, 1.82) is 0 Å². The van der Waals surface area contributed by atoms with Crippen LogP contribution in [0.3, 0.4) is 0 Å². The standard InChI is InChI=1S/C14H17N3O2S/c15-13(20)12(9-4-2-1-3-5-9)14(19)17-10-6-7-11(18)16-8-10/h1-5,10,12H,6-8H2,(H2,15,20)(H,16,18)(H,17,19). The van der Waals surface area contributed by atoms with Gasteiger partial charge in [0.05, 0.1) is 4.99 Å². The first-order valence-electron chi connectivity index (χ1n) is 6.49. The van der Waals surface area contributed by atoms with Gasteiger partial charge in [-0.3, -0.25) is 9.59 Å². The normalized spacial score (nSPS) is 19.8. The van der Waals surface area contributed by atoms with Crippen LogP contribution < -0.4 is 16.4 Å². The second kappa shape index (κ2) is 6.47. The minimum atomic E-state index is -0.635. The van der Waals surface area contributed by atoms with Crippen LogP contribution in [-0.4, -0.2) is 29.4 Å². The van der Waals surface area contributed by atoms with Crippen molar-refractivity contribution in [2.45, 2.75) is 24.8 Å². The predicted molar refractivity (Wildman–Crippen MR) is 80.1 cm³/mol. The van der Waals surface area contributed by atoms with Crippen LogP contribution in [0.1, 0.15) is 24.3 Å². The van der Waals surface area contributed by atoms with Crippen molar-refractivity contribution in [1.82, 2.24) is 10.6 Å². The Balaban J connectivity index is 2.05. The summed E-state index contributed by atoms with van der Waals surface area (Å²) >= 11 is 5.01. The van der Waals surface area contributed by atoms with Crippen LogP contribution in [0.4, 0.5) is 0 Å². The van der Waals surface area contributed by atoms with Crippen molar-refractivity contribution in [3.05, 3.63) is 35.9 Å². The molecule has 1 fully saturated rings. The van der Waals surface area contributed by atoms with E-state index in [1.54, 1.807) is 0 Å². The summed E-state index contributed by atoms with van der Waals surface area (Å²) in [4.78, 5) is 23.6. The Bertz CT molecular complexity index is 508. The largest absolute Gasteiger partial charge is 0.392 e. The molecule has 106 valence electrons. The Labute approximate surface area is 122 Å². The first-order chi connectivity index (χ1) is 9.58. The van der Waals surface area contributed by atoms with Crippen molar-refractivity contribution in [3.8, 4) is 0 Å². The predicted octanol–water partition coefficient (Wildman–Crippen LogP) is 0.451. The Kier molecular flexibility index (Phi) is 4.68. The first kappa shape index (κ1) is 14.5. The quantitative estimate of drug-likeness (QED) is 0.703. The van der Waals surface area contributed by atoms with Crippen LogP contribution in [0.2, 0.25) is 0 Å². The highest BCUT2D eigenvalue weighted by Crippen LogP contribution is 2.17. The molecule has 1 aromatic rings. The molecule has 1 aliphatic heterocycles. The van der Waals surface area contributed by atoms with Crippen LogP contribution in [0.25, 0.3) is 0 Å². The lowest BCUT2D eigenvalue weighted by molar-refractivity contribution is -0.125. The summed E-state index contributed by atoms with van der Waals surface area (Å²) in [6, 6.07) is 9.14. The zero-order chi connectivity index (χ0) is 14.5. The van der Waals surface area contributed by atoms with Crippen molar-refractivity contribution < 1.29 is 9.59 Å². The SMILES string of the molecule is NC(=S)C(C(=O)NC1CCC(=O)NC1)c1ccccc1. The number of hydrogen-bond acceptors (Lipinski definition) is 3. The number of nitrogens with two attached hydrogens (primary N) is 1. The summed E-state index contributed by atoms with van der Waals surface area (Å²) in [5.41, 5.74) is 6.47. The molecule has 1 heterocycles. The maximum Gasteiger partial charge on any atom is 0.234 e. The average Bonchev–Trinajstić information content (AvgIpc) is 2.42. The molecule has 1 aliphatic rings. The van der Waals surface area contributed by atoms with Gasteiger partial charge in [0.25, 0.3) is 0 Å². The zero-order valence-corrected chi connectivity index (χ0v) is 11.8. The Morgan fingerprint density at radius 1 is 1.40 bits per heavy atom. The molecule has 0 bridgehead atoms. The fourth-order valence-electron chi connectivity index (χ4n) is 2.23. The summed E-state index contributed by atoms with van der Waals surface area (Å²) < 4.78 is 0. The minimum Gasteiger partial charge on any atom is -0.392 e. The Morgan fingerprint density at radius 2 is 2.10 bits per heavy atom. The number of nitrogens with one attached hydrogen (secondary N) is 2. The molecule has 2 unspecified atom stereocenters. The fourth-order valence-corrected chi connectivity index (χ4v) is 2.47. The summed E-state index contributed by atoms with van der Waals surface area (Å²) in [6.07, 6.45) is 1.06. The number of hydrogen-bond donors (Lipinski definition) is 3. The highest BCUT2D eigenvalue weighted by molar-refractivity contribution is 7.80. The van der Waals surface area contributed by atoms with Gasteiger partial charge in [-0.1, -0.05) is 42.5 Å². The van der Waals surface area contributed by atoms with Crippen LogP contribution in [-0.2, 0) is 9.59 Å². The fraction of sp³-hybridized carbons (Fsp3) is 0.357. The maximum atomic E-state index is 12.3. The number of carbonyl (C=O) groups excluding carboxylic acids is 2. The molecule has 0 saturated carbocycles. The summed E-state index contributed by atoms with van der Waals surface area (Å²) in [5.74, 6) is -0.835. The van der Waals surface area contributed by atoms with Crippen molar-refractivity contribution in [2.24, 2.45) is 5.73 Å². The van der Waals surface area contributed by atoms with E-state index < -0.39 is 5.92 Å². The lowest BCUT2D eigenvalue weighted by Gasteiger charge is -2.25. The van der Waals surface area contributed by atoms with Gasteiger partial charge in [0.2, 0.25) is 11.8 Å². The molecule has 4 N–H and O–H groups in total. The number of rotatable bonds is 4. The van der Waals surface area contributed by atoms with E-state index in [1.807, 2.05) is 30.3 Å². The smallest absolute Gasteiger partial charge is 0.234 e. The number of carbonyl (C=O) groups is 2. The van der Waals surface area contributed by atoms with Crippen LogP contribution in [0.5, 0.6) is 0 Å². The summed E-state index contributed by atoms with van der Waals surface area (Å²) in [5, 5.41) is 5.63. The molecule has 20 heavy (non-hydrogen) atoms. The molecule has 1 saturated heterocycles. The number of benzene rings is 1. The minimum absolute atomic E-state index is 0.0180. The molecule has 2 rings (SSSR count).